The van der Waals surface area contributed by atoms with Crippen LogP contribution in [0, 0.1) is 0 Å². The molecule has 3 N–H and O–H groups in total. The zero-order valence-corrected chi connectivity index (χ0v) is 9.00. The molecule has 0 aliphatic heterocycles. The average Bonchev–Trinajstić information content (AvgIpc) is 2.05. The van der Waals surface area contributed by atoms with Crippen LogP contribution in [0.4, 0.5) is 0 Å². The predicted molar refractivity (Wildman–Crippen MR) is 50.5 cm³/mol. The van der Waals surface area contributed by atoms with E-state index in [2.05, 4.69) is 0 Å². The standard InChI is InChI=1S/C7H18NO4P/c1-3-11-13(10,12-4-2)7(8)5-6-9/h7,9H,3-6,8H2,1-2H3. The molecule has 5 nitrogen and oxygen atoms in total. The first-order valence-electron chi connectivity index (χ1n) is 4.36. The Bertz CT molecular complexity index is 166. The summed E-state index contributed by atoms with van der Waals surface area (Å²) in [7, 11) is -3.21. The lowest BCUT2D eigenvalue weighted by Gasteiger charge is -2.22. The Balaban J connectivity index is 4.28. The summed E-state index contributed by atoms with van der Waals surface area (Å²) in [5.41, 5.74) is 5.56. The Morgan fingerprint density at radius 2 is 1.85 bits per heavy atom. The molecular formula is C7H18NO4P. The fourth-order valence-electron chi connectivity index (χ4n) is 0.879. The topological polar surface area (TPSA) is 81.8 Å². The fourth-order valence-corrected chi connectivity index (χ4v) is 2.49. The zero-order valence-electron chi connectivity index (χ0n) is 8.10. The van der Waals surface area contributed by atoms with Crippen LogP contribution < -0.4 is 5.73 Å². The van der Waals surface area contributed by atoms with Gasteiger partial charge in [-0.15, -0.1) is 0 Å². The van der Waals surface area contributed by atoms with Crippen LogP contribution in [-0.4, -0.2) is 30.7 Å². The van der Waals surface area contributed by atoms with Crippen molar-refractivity contribution in [3.63, 3.8) is 0 Å². The van der Waals surface area contributed by atoms with Crippen LogP contribution in [-0.2, 0) is 13.6 Å². The maximum Gasteiger partial charge on any atom is 0.347 e. The first-order valence-corrected chi connectivity index (χ1v) is 5.97. The molecule has 0 aliphatic carbocycles. The fraction of sp³-hybridized carbons (Fsp3) is 1.00. The van der Waals surface area contributed by atoms with Gasteiger partial charge in [0, 0.05) is 6.61 Å². The molecular weight excluding hydrogens is 193 g/mol. The van der Waals surface area contributed by atoms with E-state index in [1.807, 2.05) is 0 Å². The molecule has 0 aromatic carbocycles. The minimum atomic E-state index is -3.21. The van der Waals surface area contributed by atoms with Crippen LogP contribution in [0.15, 0.2) is 0 Å². The Kier molecular flexibility index (Phi) is 6.55. The lowest BCUT2D eigenvalue weighted by atomic mass is 10.5. The monoisotopic (exact) mass is 211 g/mol. The highest BCUT2D eigenvalue weighted by atomic mass is 31.2. The third kappa shape index (κ3) is 4.20. The highest BCUT2D eigenvalue weighted by molar-refractivity contribution is 7.54. The molecule has 0 rings (SSSR count). The minimum Gasteiger partial charge on any atom is -0.396 e. The molecule has 0 fully saturated rings. The maximum absolute atomic E-state index is 11.8. The molecule has 0 spiro atoms. The molecule has 0 aromatic heterocycles. The molecule has 80 valence electrons. The summed E-state index contributed by atoms with van der Waals surface area (Å²) < 4.78 is 21.8. The van der Waals surface area contributed by atoms with Gasteiger partial charge < -0.3 is 19.9 Å². The van der Waals surface area contributed by atoms with Crippen molar-refractivity contribution in [2.75, 3.05) is 19.8 Å². The van der Waals surface area contributed by atoms with Gasteiger partial charge in [0.05, 0.1) is 13.2 Å². The van der Waals surface area contributed by atoms with E-state index in [1.54, 1.807) is 13.8 Å². The summed E-state index contributed by atoms with van der Waals surface area (Å²) in [4.78, 5) is 0. The third-order valence-corrected chi connectivity index (χ3v) is 3.76. The quantitative estimate of drug-likeness (QED) is 0.612. The lowest BCUT2D eigenvalue weighted by molar-refractivity contribution is 0.203. The van der Waals surface area contributed by atoms with Crippen LogP contribution in [0.5, 0.6) is 0 Å². The van der Waals surface area contributed by atoms with Crippen molar-refractivity contribution in [2.45, 2.75) is 26.1 Å². The highest BCUT2D eigenvalue weighted by Gasteiger charge is 2.31. The summed E-state index contributed by atoms with van der Waals surface area (Å²) >= 11 is 0. The average molecular weight is 211 g/mol. The van der Waals surface area contributed by atoms with Crippen LogP contribution in [0.2, 0.25) is 0 Å². The van der Waals surface area contributed by atoms with Gasteiger partial charge in [0.15, 0.2) is 0 Å². The lowest BCUT2D eigenvalue weighted by Crippen LogP contribution is -2.24. The molecule has 0 amide bonds. The number of nitrogens with two attached hydrogens (primary N) is 1. The Morgan fingerprint density at radius 1 is 1.38 bits per heavy atom. The summed E-state index contributed by atoms with van der Waals surface area (Å²) in [6.45, 7) is 3.90. The van der Waals surface area contributed by atoms with Gasteiger partial charge in [0.25, 0.3) is 0 Å². The minimum absolute atomic E-state index is 0.120. The SMILES string of the molecule is CCOP(=O)(OCC)C(N)CCO. The molecule has 6 heteroatoms. The predicted octanol–water partition coefficient (Wildman–Crippen LogP) is 0.920. The molecule has 0 saturated carbocycles. The summed E-state index contributed by atoms with van der Waals surface area (Å²) in [5.74, 6) is -0.739. The Labute approximate surface area is 78.8 Å². The van der Waals surface area contributed by atoms with Crippen LogP contribution in [0.25, 0.3) is 0 Å². The van der Waals surface area contributed by atoms with Crippen LogP contribution >= 0.6 is 7.60 Å². The van der Waals surface area contributed by atoms with Crippen molar-refractivity contribution >= 4 is 7.60 Å². The first-order chi connectivity index (χ1) is 6.10. The summed E-state index contributed by atoms with van der Waals surface area (Å²) in [6, 6.07) is 0. The highest BCUT2D eigenvalue weighted by Crippen LogP contribution is 2.51. The van der Waals surface area contributed by atoms with E-state index in [0.717, 1.165) is 0 Å². The molecule has 13 heavy (non-hydrogen) atoms. The van der Waals surface area contributed by atoms with Crippen molar-refractivity contribution in [3.8, 4) is 0 Å². The summed E-state index contributed by atoms with van der Waals surface area (Å²) in [5, 5.41) is 8.62. The molecule has 0 saturated heterocycles. The molecule has 0 radical (unpaired) electrons. The van der Waals surface area contributed by atoms with Gasteiger partial charge in [0.1, 0.15) is 5.78 Å². The number of aliphatic hydroxyl groups excluding tert-OH is 1. The second-order valence-corrected chi connectivity index (χ2v) is 4.71. The molecule has 0 bridgehead atoms. The normalized spacial score (nSPS) is 14.5. The van der Waals surface area contributed by atoms with E-state index in [1.165, 1.54) is 0 Å². The van der Waals surface area contributed by atoms with Crippen LogP contribution in [0.1, 0.15) is 20.3 Å². The summed E-state index contributed by atoms with van der Waals surface area (Å²) in [6.07, 6.45) is 0.220. The van der Waals surface area contributed by atoms with Crippen molar-refractivity contribution in [1.29, 1.82) is 0 Å². The number of aliphatic hydroxyl groups is 1. The molecule has 0 aromatic rings. The van der Waals surface area contributed by atoms with E-state index < -0.39 is 13.4 Å². The van der Waals surface area contributed by atoms with E-state index in [0.29, 0.717) is 0 Å². The second kappa shape index (κ2) is 6.51. The van der Waals surface area contributed by atoms with Crippen molar-refractivity contribution in [3.05, 3.63) is 0 Å². The molecule has 1 unspecified atom stereocenters. The molecule has 1 atom stereocenters. The van der Waals surface area contributed by atoms with Gasteiger partial charge in [-0.2, -0.15) is 0 Å². The van der Waals surface area contributed by atoms with E-state index >= 15 is 0 Å². The number of hydrogen-bond acceptors (Lipinski definition) is 5. The Hall–Kier alpha value is 0.0700. The molecule has 0 aliphatic rings. The van der Waals surface area contributed by atoms with Crippen molar-refractivity contribution in [1.82, 2.24) is 0 Å². The van der Waals surface area contributed by atoms with Gasteiger partial charge in [-0.1, -0.05) is 0 Å². The largest absolute Gasteiger partial charge is 0.396 e. The third-order valence-electron chi connectivity index (χ3n) is 1.45. The van der Waals surface area contributed by atoms with Crippen molar-refractivity contribution < 1.29 is 18.7 Å². The van der Waals surface area contributed by atoms with Gasteiger partial charge in [-0.05, 0) is 20.3 Å². The van der Waals surface area contributed by atoms with Crippen molar-refractivity contribution in [2.24, 2.45) is 5.73 Å². The van der Waals surface area contributed by atoms with E-state index in [4.69, 9.17) is 19.9 Å². The molecule has 0 heterocycles. The van der Waals surface area contributed by atoms with Crippen LogP contribution in [0.3, 0.4) is 0 Å². The van der Waals surface area contributed by atoms with Gasteiger partial charge in [0.2, 0.25) is 0 Å². The number of rotatable bonds is 7. The number of hydrogen-bond donors (Lipinski definition) is 2. The van der Waals surface area contributed by atoms with E-state index in [9.17, 15) is 4.57 Å². The van der Waals surface area contributed by atoms with Gasteiger partial charge in [-0.25, -0.2) is 0 Å². The van der Waals surface area contributed by atoms with E-state index in [-0.39, 0.29) is 26.2 Å². The van der Waals surface area contributed by atoms with Gasteiger partial charge in [-0.3, -0.25) is 4.57 Å². The zero-order chi connectivity index (χ0) is 10.3. The van der Waals surface area contributed by atoms with Gasteiger partial charge >= 0.3 is 7.60 Å². The first kappa shape index (κ1) is 13.1. The second-order valence-electron chi connectivity index (χ2n) is 2.46. The Morgan fingerprint density at radius 3 is 2.15 bits per heavy atom. The maximum atomic E-state index is 11.8. The smallest absolute Gasteiger partial charge is 0.347 e.